The molecule has 1 fully saturated rings. The van der Waals surface area contributed by atoms with E-state index >= 15 is 0 Å². The van der Waals surface area contributed by atoms with Gasteiger partial charge in [-0.1, -0.05) is 15.9 Å². The van der Waals surface area contributed by atoms with Crippen LogP contribution in [0.15, 0.2) is 45.3 Å². The third-order valence-electron chi connectivity index (χ3n) is 4.04. The summed E-state index contributed by atoms with van der Waals surface area (Å²) in [4.78, 5) is 12.3. The number of nitrogens with one attached hydrogen (secondary N) is 2. The van der Waals surface area contributed by atoms with Crippen molar-refractivity contribution in [3.63, 3.8) is 0 Å². The first-order chi connectivity index (χ1) is 11.6. The molecule has 3 rings (SSSR count). The molecule has 24 heavy (non-hydrogen) atoms. The van der Waals surface area contributed by atoms with Gasteiger partial charge >= 0.3 is 0 Å². The van der Waals surface area contributed by atoms with Crippen molar-refractivity contribution in [1.82, 2.24) is 10.6 Å². The molecule has 1 aromatic carbocycles. The molecule has 0 aliphatic carbocycles. The van der Waals surface area contributed by atoms with Crippen molar-refractivity contribution in [3.8, 4) is 5.75 Å². The molecule has 0 radical (unpaired) electrons. The fraction of sp³-hybridized carbons (Fsp3) is 0.389. The normalized spacial score (nSPS) is 20.6. The fourth-order valence-corrected chi connectivity index (χ4v) is 3.05. The number of amides is 1. The van der Waals surface area contributed by atoms with Crippen LogP contribution in [0.1, 0.15) is 36.1 Å². The fourth-order valence-electron chi connectivity index (χ4n) is 2.78. The number of piperidine rings is 1. The van der Waals surface area contributed by atoms with Crippen molar-refractivity contribution in [2.24, 2.45) is 0 Å². The van der Waals surface area contributed by atoms with Gasteiger partial charge in [-0.05, 0) is 62.7 Å². The minimum absolute atomic E-state index is 0.163. The third kappa shape index (κ3) is 4.61. The topological polar surface area (TPSA) is 63.5 Å². The predicted molar refractivity (Wildman–Crippen MR) is 95.1 cm³/mol. The summed E-state index contributed by atoms with van der Waals surface area (Å²) in [5.74, 6) is 1.55. The van der Waals surface area contributed by atoms with E-state index in [0.29, 0.717) is 24.2 Å². The molecule has 1 amide bonds. The van der Waals surface area contributed by atoms with Gasteiger partial charge in [0.15, 0.2) is 5.76 Å². The SMILES string of the molecule is CC1CC(NC(=O)c2ccc(COc3ccc(Br)cc3)o2)CCN1. The number of furan rings is 1. The number of hydrogen-bond donors (Lipinski definition) is 2. The quantitative estimate of drug-likeness (QED) is 0.817. The highest BCUT2D eigenvalue weighted by atomic mass is 79.9. The molecule has 1 aromatic heterocycles. The molecule has 6 heteroatoms. The minimum Gasteiger partial charge on any atom is -0.486 e. The van der Waals surface area contributed by atoms with Crippen LogP contribution in [0.4, 0.5) is 0 Å². The van der Waals surface area contributed by atoms with Gasteiger partial charge in [0.2, 0.25) is 0 Å². The first-order valence-electron chi connectivity index (χ1n) is 8.11. The third-order valence-corrected chi connectivity index (χ3v) is 4.57. The second-order valence-corrected chi connectivity index (χ2v) is 6.97. The first-order valence-corrected chi connectivity index (χ1v) is 8.91. The van der Waals surface area contributed by atoms with Crippen LogP contribution in [-0.2, 0) is 6.61 Å². The molecule has 0 saturated carbocycles. The number of hydrogen-bond acceptors (Lipinski definition) is 4. The molecule has 128 valence electrons. The summed E-state index contributed by atoms with van der Waals surface area (Å²) in [6, 6.07) is 11.7. The van der Waals surface area contributed by atoms with Crippen LogP contribution in [0.2, 0.25) is 0 Å². The van der Waals surface area contributed by atoms with Crippen LogP contribution in [0.25, 0.3) is 0 Å². The molecule has 2 N–H and O–H groups in total. The number of rotatable bonds is 5. The number of benzene rings is 1. The maximum atomic E-state index is 12.3. The van der Waals surface area contributed by atoms with Gasteiger partial charge in [0, 0.05) is 16.6 Å². The van der Waals surface area contributed by atoms with Crippen molar-refractivity contribution in [3.05, 3.63) is 52.4 Å². The van der Waals surface area contributed by atoms with Crippen molar-refractivity contribution in [1.29, 1.82) is 0 Å². The number of halogens is 1. The summed E-state index contributed by atoms with van der Waals surface area (Å²) in [5, 5.41) is 6.41. The Morgan fingerprint density at radius 1 is 1.33 bits per heavy atom. The Labute approximate surface area is 149 Å². The van der Waals surface area contributed by atoms with Gasteiger partial charge < -0.3 is 19.8 Å². The van der Waals surface area contributed by atoms with Gasteiger partial charge in [-0.25, -0.2) is 0 Å². The van der Waals surface area contributed by atoms with E-state index in [4.69, 9.17) is 9.15 Å². The zero-order valence-corrected chi connectivity index (χ0v) is 15.1. The molecule has 5 nitrogen and oxygen atoms in total. The Kier molecular flexibility index (Phi) is 5.58. The van der Waals surface area contributed by atoms with Crippen LogP contribution >= 0.6 is 15.9 Å². The minimum atomic E-state index is -0.163. The van der Waals surface area contributed by atoms with E-state index in [9.17, 15) is 4.79 Å². The average Bonchev–Trinajstić information content (AvgIpc) is 3.03. The molecule has 2 unspecified atom stereocenters. The van der Waals surface area contributed by atoms with Crippen molar-refractivity contribution < 1.29 is 13.9 Å². The summed E-state index contributed by atoms with van der Waals surface area (Å²) in [6.45, 7) is 3.35. The molecule has 0 spiro atoms. The zero-order valence-electron chi connectivity index (χ0n) is 13.5. The van der Waals surface area contributed by atoms with Gasteiger partial charge in [-0.2, -0.15) is 0 Å². The summed E-state index contributed by atoms with van der Waals surface area (Å²) in [7, 11) is 0. The highest BCUT2D eigenvalue weighted by molar-refractivity contribution is 9.10. The highest BCUT2D eigenvalue weighted by Crippen LogP contribution is 2.18. The molecule has 1 saturated heterocycles. The molecule has 2 aromatic rings. The lowest BCUT2D eigenvalue weighted by Crippen LogP contribution is -2.46. The van der Waals surface area contributed by atoms with Gasteiger partial charge in [0.25, 0.3) is 5.91 Å². The lowest BCUT2D eigenvalue weighted by atomic mass is 10.0. The van der Waals surface area contributed by atoms with Crippen molar-refractivity contribution in [2.45, 2.75) is 38.5 Å². The highest BCUT2D eigenvalue weighted by Gasteiger charge is 2.21. The molecular weight excluding hydrogens is 372 g/mol. The van der Waals surface area contributed by atoms with E-state index in [1.165, 1.54) is 0 Å². The second-order valence-electron chi connectivity index (χ2n) is 6.06. The second kappa shape index (κ2) is 7.85. The van der Waals surface area contributed by atoms with E-state index in [2.05, 4.69) is 33.5 Å². The monoisotopic (exact) mass is 392 g/mol. The van der Waals surface area contributed by atoms with Gasteiger partial charge in [0.05, 0.1) is 0 Å². The summed E-state index contributed by atoms with van der Waals surface area (Å²) >= 11 is 3.38. The molecular formula is C18H21BrN2O3. The van der Waals surface area contributed by atoms with Crippen LogP contribution < -0.4 is 15.4 Å². The maximum absolute atomic E-state index is 12.3. The van der Waals surface area contributed by atoms with Crippen LogP contribution in [0.3, 0.4) is 0 Å². The molecule has 2 atom stereocenters. The van der Waals surface area contributed by atoms with Gasteiger partial charge in [-0.15, -0.1) is 0 Å². The van der Waals surface area contributed by atoms with Gasteiger partial charge in [-0.3, -0.25) is 4.79 Å². The zero-order chi connectivity index (χ0) is 16.9. The van der Waals surface area contributed by atoms with Crippen molar-refractivity contribution >= 4 is 21.8 Å². The van der Waals surface area contributed by atoms with E-state index in [1.807, 2.05) is 24.3 Å². The Bertz CT molecular complexity index is 684. The molecule has 2 heterocycles. The summed E-state index contributed by atoms with van der Waals surface area (Å²) in [6.07, 6.45) is 1.88. The van der Waals surface area contributed by atoms with Crippen LogP contribution in [0, 0.1) is 0 Å². The van der Waals surface area contributed by atoms with Crippen LogP contribution in [0.5, 0.6) is 5.75 Å². The smallest absolute Gasteiger partial charge is 0.287 e. The number of carbonyl (C=O) groups is 1. The lowest BCUT2D eigenvalue weighted by molar-refractivity contribution is 0.0893. The molecule has 1 aliphatic heterocycles. The van der Waals surface area contributed by atoms with Crippen molar-refractivity contribution in [2.75, 3.05) is 6.54 Å². The Morgan fingerprint density at radius 2 is 2.12 bits per heavy atom. The van der Waals surface area contributed by atoms with E-state index < -0.39 is 0 Å². The predicted octanol–water partition coefficient (Wildman–Crippen LogP) is 3.49. The van der Waals surface area contributed by atoms with Crippen LogP contribution in [-0.4, -0.2) is 24.5 Å². The Morgan fingerprint density at radius 3 is 2.88 bits per heavy atom. The van der Waals surface area contributed by atoms with E-state index in [-0.39, 0.29) is 11.9 Å². The Hall–Kier alpha value is -1.79. The largest absolute Gasteiger partial charge is 0.486 e. The molecule has 1 aliphatic rings. The Balaban J connectivity index is 1.52. The summed E-state index contributed by atoms with van der Waals surface area (Å²) in [5.41, 5.74) is 0. The summed E-state index contributed by atoms with van der Waals surface area (Å²) < 4.78 is 12.2. The number of carbonyl (C=O) groups excluding carboxylic acids is 1. The molecule has 0 bridgehead atoms. The standard InChI is InChI=1S/C18H21BrN2O3/c1-12-10-14(8-9-20-12)21-18(22)17-7-6-16(24-17)11-23-15-4-2-13(19)3-5-15/h2-7,12,14,20H,8-11H2,1H3,(H,21,22). The lowest BCUT2D eigenvalue weighted by Gasteiger charge is -2.28. The first kappa shape index (κ1) is 17.0. The van der Waals surface area contributed by atoms with Gasteiger partial charge in [0.1, 0.15) is 18.1 Å². The van der Waals surface area contributed by atoms with E-state index in [1.54, 1.807) is 12.1 Å². The maximum Gasteiger partial charge on any atom is 0.287 e. The average molecular weight is 393 g/mol. The van der Waals surface area contributed by atoms with E-state index in [0.717, 1.165) is 29.6 Å². The number of ether oxygens (including phenoxy) is 1.